The van der Waals surface area contributed by atoms with Gasteiger partial charge in [-0.3, -0.25) is 4.79 Å². The standard InChI is InChI=1S/C21H21NO6/c1-14-10-17(12-21(24)27-14)28-16-6-8-22(9-7-16)20(23)5-3-15-2-4-18-19(11-15)26-13-25-18/h2-5,10-12,16H,6-9,13H2,1H3. The van der Waals surface area contributed by atoms with Gasteiger partial charge in [-0.1, -0.05) is 6.07 Å². The van der Waals surface area contributed by atoms with Crippen LogP contribution in [0.1, 0.15) is 24.2 Å². The number of rotatable bonds is 4. The normalized spacial score (nSPS) is 16.5. The van der Waals surface area contributed by atoms with Crippen LogP contribution in [0.2, 0.25) is 0 Å². The lowest BCUT2D eigenvalue weighted by molar-refractivity contribution is -0.127. The summed E-state index contributed by atoms with van der Waals surface area (Å²) in [4.78, 5) is 25.7. The predicted molar refractivity (Wildman–Crippen MR) is 102 cm³/mol. The lowest BCUT2D eigenvalue weighted by Gasteiger charge is -2.31. The van der Waals surface area contributed by atoms with Crippen molar-refractivity contribution in [1.82, 2.24) is 4.90 Å². The highest BCUT2D eigenvalue weighted by Crippen LogP contribution is 2.32. The summed E-state index contributed by atoms with van der Waals surface area (Å²) >= 11 is 0. The van der Waals surface area contributed by atoms with Crippen LogP contribution in [0.4, 0.5) is 0 Å². The van der Waals surface area contributed by atoms with E-state index in [1.54, 1.807) is 30.0 Å². The first-order valence-corrected chi connectivity index (χ1v) is 9.22. The molecule has 1 aromatic heterocycles. The third-order valence-corrected chi connectivity index (χ3v) is 4.74. The fourth-order valence-electron chi connectivity index (χ4n) is 3.32. The van der Waals surface area contributed by atoms with Gasteiger partial charge in [0.25, 0.3) is 0 Å². The van der Waals surface area contributed by atoms with Crippen molar-refractivity contribution in [3.8, 4) is 17.2 Å². The van der Waals surface area contributed by atoms with E-state index in [4.69, 9.17) is 18.6 Å². The van der Waals surface area contributed by atoms with Crippen LogP contribution < -0.4 is 19.8 Å². The number of hydrogen-bond donors (Lipinski definition) is 0. The number of amides is 1. The zero-order chi connectivity index (χ0) is 19.5. The number of piperidine rings is 1. The second kappa shape index (κ2) is 7.80. The topological polar surface area (TPSA) is 78.2 Å². The second-order valence-electron chi connectivity index (χ2n) is 6.81. The smallest absolute Gasteiger partial charge is 0.339 e. The number of aryl methyl sites for hydroxylation is 1. The van der Waals surface area contributed by atoms with E-state index in [9.17, 15) is 9.59 Å². The summed E-state index contributed by atoms with van der Waals surface area (Å²) in [5.74, 6) is 2.41. The Kier molecular flexibility index (Phi) is 5.06. The van der Waals surface area contributed by atoms with Crippen LogP contribution in [0.15, 0.2) is 45.6 Å². The first kappa shape index (κ1) is 18.2. The van der Waals surface area contributed by atoms with E-state index in [-0.39, 0.29) is 18.8 Å². The Hall–Kier alpha value is -3.22. The molecule has 4 rings (SSSR count). The van der Waals surface area contributed by atoms with Gasteiger partial charge in [0.1, 0.15) is 17.6 Å². The Labute approximate surface area is 162 Å². The molecule has 0 N–H and O–H groups in total. The third kappa shape index (κ3) is 4.19. The van der Waals surface area contributed by atoms with Gasteiger partial charge in [0.15, 0.2) is 11.5 Å². The van der Waals surface area contributed by atoms with Crippen LogP contribution in [0.5, 0.6) is 17.2 Å². The van der Waals surface area contributed by atoms with Crippen molar-refractivity contribution in [2.75, 3.05) is 19.9 Å². The number of benzene rings is 1. The first-order valence-electron chi connectivity index (χ1n) is 9.22. The third-order valence-electron chi connectivity index (χ3n) is 4.74. The lowest BCUT2D eigenvalue weighted by atomic mass is 10.1. The average molecular weight is 383 g/mol. The van der Waals surface area contributed by atoms with Gasteiger partial charge in [-0.05, 0) is 30.7 Å². The van der Waals surface area contributed by atoms with Gasteiger partial charge in [0, 0.05) is 38.1 Å². The molecule has 3 heterocycles. The van der Waals surface area contributed by atoms with Crippen LogP contribution in [0.25, 0.3) is 6.08 Å². The molecule has 0 radical (unpaired) electrons. The van der Waals surface area contributed by atoms with Crippen molar-refractivity contribution < 1.29 is 23.4 Å². The molecular formula is C21H21NO6. The van der Waals surface area contributed by atoms with E-state index in [1.807, 2.05) is 18.2 Å². The van der Waals surface area contributed by atoms with Gasteiger partial charge < -0.3 is 23.5 Å². The molecule has 1 aromatic carbocycles. The molecule has 1 saturated heterocycles. The highest BCUT2D eigenvalue weighted by molar-refractivity contribution is 5.92. The zero-order valence-electron chi connectivity index (χ0n) is 15.6. The minimum absolute atomic E-state index is 0.0249. The number of carbonyl (C=O) groups is 1. The van der Waals surface area contributed by atoms with E-state index in [1.165, 1.54) is 6.07 Å². The molecule has 0 unspecified atom stereocenters. The molecule has 0 atom stereocenters. The van der Waals surface area contributed by atoms with Gasteiger partial charge in [-0.25, -0.2) is 4.79 Å². The summed E-state index contributed by atoms with van der Waals surface area (Å²) in [6, 6.07) is 8.62. The maximum atomic E-state index is 12.4. The molecule has 1 fully saturated rings. The number of carbonyl (C=O) groups excluding carboxylic acids is 1. The average Bonchev–Trinajstić information content (AvgIpc) is 3.14. The fraction of sp³-hybridized carbons (Fsp3) is 0.333. The highest BCUT2D eigenvalue weighted by Gasteiger charge is 2.23. The Balaban J connectivity index is 1.30. The van der Waals surface area contributed by atoms with Gasteiger partial charge in [0.05, 0.1) is 6.07 Å². The summed E-state index contributed by atoms with van der Waals surface area (Å²) in [5.41, 5.74) is 0.463. The van der Waals surface area contributed by atoms with Crippen molar-refractivity contribution in [3.63, 3.8) is 0 Å². The van der Waals surface area contributed by atoms with E-state index in [0.29, 0.717) is 43.2 Å². The molecule has 0 saturated carbocycles. The molecule has 0 aliphatic carbocycles. The van der Waals surface area contributed by atoms with Gasteiger partial charge in [0.2, 0.25) is 12.7 Å². The van der Waals surface area contributed by atoms with Gasteiger partial charge >= 0.3 is 5.63 Å². The molecule has 28 heavy (non-hydrogen) atoms. The number of likely N-dealkylation sites (tertiary alicyclic amines) is 1. The molecule has 2 aromatic rings. The summed E-state index contributed by atoms with van der Waals surface area (Å²) in [5, 5.41) is 0. The van der Waals surface area contributed by atoms with Crippen LogP contribution in [0, 0.1) is 6.92 Å². The number of ether oxygens (including phenoxy) is 3. The highest BCUT2D eigenvalue weighted by atomic mass is 16.7. The monoisotopic (exact) mass is 383 g/mol. The molecule has 7 nitrogen and oxygen atoms in total. The molecule has 146 valence electrons. The minimum atomic E-state index is -0.420. The van der Waals surface area contributed by atoms with E-state index < -0.39 is 5.63 Å². The molecule has 2 aliphatic rings. The van der Waals surface area contributed by atoms with E-state index in [2.05, 4.69) is 0 Å². The zero-order valence-corrected chi connectivity index (χ0v) is 15.6. The summed E-state index contributed by atoms with van der Waals surface area (Å²) in [6.45, 7) is 3.15. The van der Waals surface area contributed by atoms with Crippen LogP contribution in [-0.4, -0.2) is 36.8 Å². The molecule has 0 spiro atoms. The van der Waals surface area contributed by atoms with Crippen molar-refractivity contribution in [2.24, 2.45) is 0 Å². The fourth-order valence-corrected chi connectivity index (χ4v) is 3.32. The van der Waals surface area contributed by atoms with E-state index in [0.717, 1.165) is 11.3 Å². The van der Waals surface area contributed by atoms with Gasteiger partial charge in [-0.15, -0.1) is 0 Å². The van der Waals surface area contributed by atoms with Crippen LogP contribution in [-0.2, 0) is 4.79 Å². The largest absolute Gasteiger partial charge is 0.490 e. The maximum absolute atomic E-state index is 12.4. The molecular weight excluding hydrogens is 362 g/mol. The summed E-state index contributed by atoms with van der Waals surface area (Å²) in [7, 11) is 0. The first-order chi connectivity index (χ1) is 13.6. The maximum Gasteiger partial charge on any atom is 0.339 e. The number of nitrogens with zero attached hydrogens (tertiary/aromatic N) is 1. The minimum Gasteiger partial charge on any atom is -0.490 e. The summed E-state index contributed by atoms with van der Waals surface area (Å²) < 4.78 is 21.4. The molecule has 2 aliphatic heterocycles. The van der Waals surface area contributed by atoms with Crippen molar-refractivity contribution in [3.05, 3.63) is 58.2 Å². The Morgan fingerprint density at radius 2 is 1.93 bits per heavy atom. The van der Waals surface area contributed by atoms with Crippen LogP contribution >= 0.6 is 0 Å². The number of fused-ring (bicyclic) bond motifs is 1. The van der Waals surface area contributed by atoms with E-state index >= 15 is 0 Å². The van der Waals surface area contributed by atoms with Crippen LogP contribution in [0.3, 0.4) is 0 Å². The molecule has 1 amide bonds. The van der Waals surface area contributed by atoms with Crippen molar-refractivity contribution in [1.29, 1.82) is 0 Å². The Morgan fingerprint density at radius 1 is 1.14 bits per heavy atom. The SMILES string of the molecule is Cc1cc(OC2CCN(C(=O)C=Cc3ccc4c(c3)OCO4)CC2)cc(=O)o1. The number of hydrogen-bond acceptors (Lipinski definition) is 6. The Bertz CT molecular complexity index is 956. The van der Waals surface area contributed by atoms with Crippen molar-refractivity contribution in [2.45, 2.75) is 25.9 Å². The Morgan fingerprint density at radius 3 is 2.71 bits per heavy atom. The summed E-state index contributed by atoms with van der Waals surface area (Å²) in [6.07, 6.45) is 4.75. The quantitative estimate of drug-likeness (QED) is 0.756. The second-order valence-corrected chi connectivity index (χ2v) is 6.81. The lowest BCUT2D eigenvalue weighted by Crippen LogP contribution is -2.41. The molecule has 7 heteroatoms. The van der Waals surface area contributed by atoms with Gasteiger partial charge in [-0.2, -0.15) is 0 Å². The van der Waals surface area contributed by atoms with Crippen molar-refractivity contribution >= 4 is 12.0 Å². The predicted octanol–water partition coefficient (Wildman–Crippen LogP) is 2.76. The molecule has 0 bridgehead atoms.